The summed E-state index contributed by atoms with van der Waals surface area (Å²) in [7, 11) is 0. The SMILES string of the molecule is c1ccc(-c2nn3c(-c4cc5ccccc5o4)nnc3s2)cc1. The highest BCUT2D eigenvalue weighted by atomic mass is 32.1. The summed E-state index contributed by atoms with van der Waals surface area (Å²) in [5, 5.41) is 15.0. The van der Waals surface area contributed by atoms with Crippen molar-refractivity contribution in [3.05, 3.63) is 60.7 Å². The van der Waals surface area contributed by atoms with E-state index in [1.54, 1.807) is 4.52 Å². The molecule has 0 aliphatic rings. The van der Waals surface area contributed by atoms with Crippen LogP contribution in [-0.2, 0) is 0 Å². The monoisotopic (exact) mass is 318 g/mol. The second-order valence-electron chi connectivity index (χ2n) is 5.14. The summed E-state index contributed by atoms with van der Waals surface area (Å²) in [5.74, 6) is 1.29. The van der Waals surface area contributed by atoms with Gasteiger partial charge in [-0.05, 0) is 12.1 Å². The minimum absolute atomic E-state index is 0.620. The lowest BCUT2D eigenvalue weighted by Crippen LogP contribution is -1.89. The molecule has 5 nitrogen and oxygen atoms in total. The molecule has 6 heteroatoms. The number of hydrogen-bond acceptors (Lipinski definition) is 5. The number of benzene rings is 2. The summed E-state index contributed by atoms with van der Waals surface area (Å²) in [6.07, 6.45) is 0. The van der Waals surface area contributed by atoms with Crippen LogP contribution in [0, 0.1) is 0 Å². The third kappa shape index (κ3) is 1.96. The summed E-state index contributed by atoms with van der Waals surface area (Å²) in [5.41, 5.74) is 1.90. The molecule has 0 aliphatic carbocycles. The third-order valence-electron chi connectivity index (χ3n) is 3.66. The molecule has 0 amide bonds. The maximum Gasteiger partial charge on any atom is 0.235 e. The van der Waals surface area contributed by atoms with E-state index >= 15 is 0 Å². The fourth-order valence-electron chi connectivity index (χ4n) is 2.56. The number of fused-ring (bicyclic) bond motifs is 2. The van der Waals surface area contributed by atoms with Crippen molar-refractivity contribution in [1.82, 2.24) is 19.8 Å². The van der Waals surface area contributed by atoms with Crippen molar-refractivity contribution >= 4 is 27.3 Å². The van der Waals surface area contributed by atoms with Gasteiger partial charge in [0.15, 0.2) is 5.76 Å². The Morgan fingerprint density at radius 2 is 1.74 bits per heavy atom. The molecule has 3 heterocycles. The molecular weight excluding hydrogens is 308 g/mol. The standard InChI is InChI=1S/C17H10N4OS/c1-2-6-11(7-3-1)16-20-21-15(18-19-17(21)23-16)14-10-12-8-4-5-9-13(12)22-14/h1-10H. The molecule has 110 valence electrons. The summed E-state index contributed by atoms with van der Waals surface area (Å²) in [6.45, 7) is 0. The number of aromatic nitrogens is 4. The maximum atomic E-state index is 5.88. The normalized spacial score (nSPS) is 11.5. The molecule has 0 spiro atoms. The second kappa shape index (κ2) is 4.76. The van der Waals surface area contributed by atoms with Gasteiger partial charge in [-0.2, -0.15) is 9.61 Å². The zero-order valence-electron chi connectivity index (χ0n) is 11.9. The first-order valence-electron chi connectivity index (χ1n) is 7.15. The van der Waals surface area contributed by atoms with Crippen molar-refractivity contribution in [1.29, 1.82) is 0 Å². The van der Waals surface area contributed by atoms with Gasteiger partial charge in [-0.15, -0.1) is 10.2 Å². The molecule has 0 fully saturated rings. The van der Waals surface area contributed by atoms with E-state index in [2.05, 4.69) is 15.3 Å². The first-order valence-corrected chi connectivity index (χ1v) is 7.97. The van der Waals surface area contributed by atoms with Gasteiger partial charge >= 0.3 is 0 Å². The van der Waals surface area contributed by atoms with Gasteiger partial charge in [-0.25, -0.2) is 0 Å². The fourth-order valence-corrected chi connectivity index (χ4v) is 3.40. The number of para-hydroxylation sites is 1. The summed E-state index contributed by atoms with van der Waals surface area (Å²) < 4.78 is 7.62. The molecule has 0 unspecified atom stereocenters. The number of rotatable bonds is 2. The van der Waals surface area contributed by atoms with Crippen LogP contribution in [0.25, 0.3) is 38.1 Å². The van der Waals surface area contributed by atoms with Crippen LogP contribution in [0.1, 0.15) is 0 Å². The lowest BCUT2D eigenvalue weighted by Gasteiger charge is -1.93. The zero-order valence-corrected chi connectivity index (χ0v) is 12.7. The van der Waals surface area contributed by atoms with Gasteiger partial charge in [-0.1, -0.05) is 59.9 Å². The van der Waals surface area contributed by atoms with Gasteiger partial charge in [0.1, 0.15) is 10.6 Å². The molecule has 0 aliphatic heterocycles. The van der Waals surface area contributed by atoms with Gasteiger partial charge in [0, 0.05) is 10.9 Å². The Bertz CT molecular complexity index is 1090. The largest absolute Gasteiger partial charge is 0.453 e. The minimum Gasteiger partial charge on any atom is -0.453 e. The molecule has 5 rings (SSSR count). The fraction of sp³-hybridized carbons (Fsp3) is 0. The van der Waals surface area contributed by atoms with Crippen LogP contribution in [0.5, 0.6) is 0 Å². The number of hydrogen-bond donors (Lipinski definition) is 0. The van der Waals surface area contributed by atoms with Crippen LogP contribution in [0.2, 0.25) is 0 Å². The van der Waals surface area contributed by atoms with Gasteiger partial charge in [0.2, 0.25) is 10.8 Å². The van der Waals surface area contributed by atoms with Crippen LogP contribution in [0.3, 0.4) is 0 Å². The molecule has 2 aromatic carbocycles. The molecule has 0 radical (unpaired) electrons. The molecule has 0 atom stereocenters. The van der Waals surface area contributed by atoms with Crippen LogP contribution in [0.4, 0.5) is 0 Å². The van der Waals surface area contributed by atoms with Crippen molar-refractivity contribution in [3.63, 3.8) is 0 Å². The average molecular weight is 318 g/mol. The molecular formula is C17H10N4OS. The van der Waals surface area contributed by atoms with Crippen molar-refractivity contribution in [2.24, 2.45) is 0 Å². The Labute approximate surface area is 134 Å². The first kappa shape index (κ1) is 12.5. The Hall–Kier alpha value is -2.99. The molecule has 0 saturated heterocycles. The van der Waals surface area contributed by atoms with Crippen molar-refractivity contribution in [2.75, 3.05) is 0 Å². The third-order valence-corrected chi connectivity index (χ3v) is 4.61. The van der Waals surface area contributed by atoms with Crippen LogP contribution < -0.4 is 0 Å². The lowest BCUT2D eigenvalue weighted by molar-refractivity contribution is 0.622. The second-order valence-corrected chi connectivity index (χ2v) is 6.10. The quantitative estimate of drug-likeness (QED) is 0.488. The predicted molar refractivity (Wildman–Crippen MR) is 89.3 cm³/mol. The van der Waals surface area contributed by atoms with Crippen molar-refractivity contribution in [3.8, 4) is 22.2 Å². The lowest BCUT2D eigenvalue weighted by atomic mass is 10.2. The predicted octanol–water partition coefficient (Wildman–Crippen LogP) is 4.27. The summed E-state index contributed by atoms with van der Waals surface area (Å²) in [4.78, 5) is 0.749. The van der Waals surface area contributed by atoms with E-state index < -0.39 is 0 Å². The molecule has 5 aromatic rings. The molecule has 0 saturated carbocycles. The van der Waals surface area contributed by atoms with Crippen molar-refractivity contribution < 1.29 is 4.42 Å². The number of nitrogens with zero attached hydrogens (tertiary/aromatic N) is 4. The summed E-state index contributed by atoms with van der Waals surface area (Å²) in [6, 6.07) is 19.9. The topological polar surface area (TPSA) is 56.2 Å². The van der Waals surface area contributed by atoms with Crippen molar-refractivity contribution in [2.45, 2.75) is 0 Å². The van der Waals surface area contributed by atoms with E-state index in [1.807, 2.05) is 60.7 Å². The Morgan fingerprint density at radius 3 is 2.61 bits per heavy atom. The van der Waals surface area contributed by atoms with E-state index in [1.165, 1.54) is 11.3 Å². The van der Waals surface area contributed by atoms with E-state index in [0.29, 0.717) is 11.6 Å². The van der Waals surface area contributed by atoms with Crippen LogP contribution in [-0.4, -0.2) is 19.8 Å². The number of furan rings is 1. The highest BCUT2D eigenvalue weighted by Gasteiger charge is 2.17. The van der Waals surface area contributed by atoms with Gasteiger partial charge in [0.25, 0.3) is 0 Å². The zero-order chi connectivity index (χ0) is 15.2. The van der Waals surface area contributed by atoms with Gasteiger partial charge in [0.05, 0.1) is 0 Å². The molecule has 3 aromatic heterocycles. The van der Waals surface area contributed by atoms with Crippen LogP contribution in [0.15, 0.2) is 65.1 Å². The minimum atomic E-state index is 0.620. The van der Waals surface area contributed by atoms with Crippen LogP contribution >= 0.6 is 11.3 Å². The molecule has 23 heavy (non-hydrogen) atoms. The smallest absolute Gasteiger partial charge is 0.235 e. The first-order chi connectivity index (χ1) is 11.4. The van der Waals surface area contributed by atoms with E-state index in [-0.39, 0.29) is 0 Å². The Morgan fingerprint density at radius 1 is 0.913 bits per heavy atom. The summed E-state index contributed by atoms with van der Waals surface area (Å²) >= 11 is 1.51. The average Bonchev–Trinajstić information content (AvgIpc) is 3.28. The van der Waals surface area contributed by atoms with Gasteiger partial charge in [-0.3, -0.25) is 0 Å². The van der Waals surface area contributed by atoms with E-state index in [9.17, 15) is 0 Å². The maximum absolute atomic E-state index is 5.88. The van der Waals surface area contributed by atoms with E-state index in [4.69, 9.17) is 4.42 Å². The Balaban J connectivity index is 1.68. The molecule has 0 bridgehead atoms. The Kier molecular flexibility index (Phi) is 2.59. The highest BCUT2D eigenvalue weighted by Crippen LogP contribution is 2.30. The van der Waals surface area contributed by atoms with Gasteiger partial charge < -0.3 is 4.42 Å². The molecule has 0 N–H and O–H groups in total. The van der Waals surface area contributed by atoms with E-state index in [0.717, 1.165) is 26.5 Å². The highest BCUT2D eigenvalue weighted by molar-refractivity contribution is 7.19.